The van der Waals surface area contributed by atoms with Crippen LogP contribution in [0, 0.1) is 0 Å². The molecule has 0 radical (unpaired) electrons. The van der Waals surface area contributed by atoms with Crippen LogP contribution in [-0.4, -0.2) is 39.8 Å². The molecule has 3 aromatic carbocycles. The molecule has 1 aromatic heterocycles. The van der Waals surface area contributed by atoms with Crippen molar-refractivity contribution in [1.82, 2.24) is 4.57 Å². The molecular weight excluding hydrogens is 496 g/mol. The Bertz CT molecular complexity index is 1550. The second-order valence-corrected chi connectivity index (χ2v) is 9.24. The first-order valence-corrected chi connectivity index (χ1v) is 13.2. The average Bonchev–Trinajstić information content (AvgIpc) is 3.27. The van der Waals surface area contributed by atoms with E-state index in [4.69, 9.17) is 9.47 Å². The van der Waals surface area contributed by atoms with E-state index in [1.54, 1.807) is 42.5 Å². The molecule has 39 heavy (non-hydrogen) atoms. The standard InChI is InChI=1S/C31H32N2O6/c1-4-7-17-38-31(36)39-23-13-9-20(10-14-23)29(34)21-11-15-27-24(18-21)25-19-22(12-16-28(25)33(27)6-3)30(35)26(32-37)8-5-2/h9-16,18-19,37H,4-8,17H2,1-3H3/b32-26+. The smallest absolute Gasteiger partial charge is 0.434 e. The summed E-state index contributed by atoms with van der Waals surface area (Å²) in [5.74, 6) is -0.209. The number of benzene rings is 3. The molecule has 1 N–H and O–H groups in total. The molecule has 0 aliphatic rings. The van der Waals surface area contributed by atoms with E-state index in [1.165, 1.54) is 0 Å². The quantitative estimate of drug-likeness (QED) is 0.0420. The molecule has 4 rings (SSSR count). The zero-order chi connectivity index (χ0) is 27.9. The Morgan fingerprint density at radius 1 is 0.821 bits per heavy atom. The molecule has 0 spiro atoms. The topological polar surface area (TPSA) is 107 Å². The van der Waals surface area contributed by atoms with E-state index in [1.807, 2.05) is 39.0 Å². The summed E-state index contributed by atoms with van der Waals surface area (Å²) in [5.41, 5.74) is 3.38. The first-order valence-electron chi connectivity index (χ1n) is 13.2. The number of hydrogen-bond donors (Lipinski definition) is 1. The van der Waals surface area contributed by atoms with Gasteiger partial charge < -0.3 is 19.2 Å². The first-order chi connectivity index (χ1) is 18.9. The van der Waals surface area contributed by atoms with Gasteiger partial charge in [-0.2, -0.15) is 0 Å². The van der Waals surface area contributed by atoms with Gasteiger partial charge in [0.05, 0.1) is 6.61 Å². The number of nitrogens with zero attached hydrogens (tertiary/aromatic N) is 2. The van der Waals surface area contributed by atoms with E-state index in [0.29, 0.717) is 48.4 Å². The van der Waals surface area contributed by atoms with Crippen molar-refractivity contribution in [3.63, 3.8) is 0 Å². The van der Waals surface area contributed by atoms with Gasteiger partial charge in [-0.15, -0.1) is 0 Å². The molecule has 1 heterocycles. The average molecular weight is 529 g/mol. The molecule has 0 amide bonds. The Morgan fingerprint density at radius 2 is 1.44 bits per heavy atom. The van der Waals surface area contributed by atoms with Crippen molar-refractivity contribution in [3.8, 4) is 5.75 Å². The number of oxime groups is 1. The van der Waals surface area contributed by atoms with Crippen molar-refractivity contribution in [2.45, 2.75) is 53.0 Å². The van der Waals surface area contributed by atoms with Gasteiger partial charge >= 0.3 is 6.16 Å². The monoisotopic (exact) mass is 528 g/mol. The third-order valence-electron chi connectivity index (χ3n) is 6.61. The van der Waals surface area contributed by atoms with Gasteiger partial charge in [-0.3, -0.25) is 9.59 Å². The molecule has 0 aliphatic heterocycles. The van der Waals surface area contributed by atoms with Gasteiger partial charge in [0.1, 0.15) is 11.5 Å². The molecule has 0 aliphatic carbocycles. The number of ketones is 2. The van der Waals surface area contributed by atoms with Crippen LogP contribution in [0.15, 0.2) is 65.8 Å². The number of carbonyl (C=O) groups is 3. The SMILES string of the molecule is CCCCOC(=O)Oc1ccc(C(=O)c2ccc3c(c2)c2cc(C(=O)/C(CCC)=N/O)ccc2n3CC)cc1. The molecule has 0 bridgehead atoms. The molecule has 4 aromatic rings. The minimum Gasteiger partial charge on any atom is -0.434 e. The second kappa shape index (κ2) is 12.4. The summed E-state index contributed by atoms with van der Waals surface area (Å²) < 4.78 is 12.3. The number of fused-ring (bicyclic) bond motifs is 3. The molecule has 0 saturated heterocycles. The van der Waals surface area contributed by atoms with Crippen molar-refractivity contribution in [1.29, 1.82) is 0 Å². The largest absolute Gasteiger partial charge is 0.513 e. The van der Waals surface area contributed by atoms with Crippen LogP contribution < -0.4 is 4.74 Å². The van der Waals surface area contributed by atoms with Gasteiger partial charge in [0.15, 0.2) is 5.78 Å². The Balaban J connectivity index is 1.65. The van der Waals surface area contributed by atoms with Gasteiger partial charge in [0.2, 0.25) is 5.78 Å². The lowest BCUT2D eigenvalue weighted by Gasteiger charge is -2.07. The second-order valence-electron chi connectivity index (χ2n) is 9.24. The van der Waals surface area contributed by atoms with Crippen molar-refractivity contribution < 1.29 is 29.1 Å². The molecule has 8 heteroatoms. The van der Waals surface area contributed by atoms with Gasteiger partial charge in [-0.25, -0.2) is 4.79 Å². The number of aromatic nitrogens is 1. The minimum atomic E-state index is -0.773. The predicted octanol–water partition coefficient (Wildman–Crippen LogP) is 7.17. The summed E-state index contributed by atoms with van der Waals surface area (Å²) in [7, 11) is 0. The lowest BCUT2D eigenvalue weighted by atomic mass is 9.99. The number of carbonyl (C=O) groups excluding carboxylic acids is 3. The number of aryl methyl sites for hydroxylation is 1. The van der Waals surface area contributed by atoms with Crippen molar-refractivity contribution in [3.05, 3.63) is 77.4 Å². The van der Waals surface area contributed by atoms with Crippen LogP contribution in [0.2, 0.25) is 0 Å². The van der Waals surface area contributed by atoms with E-state index >= 15 is 0 Å². The van der Waals surface area contributed by atoms with E-state index in [9.17, 15) is 19.6 Å². The molecular formula is C31H32N2O6. The maximum atomic E-state index is 13.3. The van der Waals surface area contributed by atoms with Gasteiger partial charge in [-0.05, 0) is 80.4 Å². The summed E-state index contributed by atoms with van der Waals surface area (Å²) in [6, 6.07) is 17.3. The normalized spacial score (nSPS) is 11.6. The summed E-state index contributed by atoms with van der Waals surface area (Å²) in [5, 5.41) is 14.2. The third kappa shape index (κ3) is 5.85. The van der Waals surface area contributed by atoms with Crippen LogP contribution in [0.3, 0.4) is 0 Å². The van der Waals surface area contributed by atoms with Crippen molar-refractivity contribution in [2.75, 3.05) is 6.61 Å². The van der Waals surface area contributed by atoms with Crippen molar-refractivity contribution in [2.24, 2.45) is 5.16 Å². The Labute approximate surface area is 226 Å². The van der Waals surface area contributed by atoms with E-state index in [-0.39, 0.29) is 17.3 Å². The molecule has 0 saturated carbocycles. The summed E-state index contributed by atoms with van der Waals surface area (Å²) in [4.78, 5) is 38.1. The zero-order valence-corrected chi connectivity index (χ0v) is 22.4. The minimum absolute atomic E-state index is 0.119. The highest BCUT2D eigenvalue weighted by Crippen LogP contribution is 2.32. The van der Waals surface area contributed by atoms with E-state index < -0.39 is 6.16 Å². The lowest BCUT2D eigenvalue weighted by Crippen LogP contribution is -2.14. The van der Waals surface area contributed by atoms with Crippen LogP contribution >= 0.6 is 0 Å². The molecule has 8 nitrogen and oxygen atoms in total. The number of unbranched alkanes of at least 4 members (excludes halogenated alkanes) is 1. The van der Waals surface area contributed by atoms with E-state index in [0.717, 1.165) is 34.6 Å². The molecule has 0 unspecified atom stereocenters. The van der Waals surface area contributed by atoms with Crippen molar-refractivity contribution >= 4 is 45.2 Å². The Hall–Kier alpha value is -4.46. The lowest BCUT2D eigenvalue weighted by molar-refractivity contribution is 0.0977. The van der Waals surface area contributed by atoms with Gasteiger partial charge in [0, 0.05) is 45.0 Å². The fraction of sp³-hybridized carbons (Fsp3) is 0.290. The Morgan fingerprint density at radius 3 is 2.03 bits per heavy atom. The molecule has 0 fully saturated rings. The third-order valence-corrected chi connectivity index (χ3v) is 6.61. The number of ether oxygens (including phenoxy) is 2. The number of hydrogen-bond acceptors (Lipinski definition) is 7. The van der Waals surface area contributed by atoms with Crippen LogP contribution in [0.5, 0.6) is 5.75 Å². The maximum Gasteiger partial charge on any atom is 0.513 e. The summed E-state index contributed by atoms with van der Waals surface area (Å²) in [6.45, 7) is 6.96. The van der Waals surface area contributed by atoms with E-state index in [2.05, 4.69) is 9.72 Å². The fourth-order valence-corrected chi connectivity index (χ4v) is 4.61. The van der Waals surface area contributed by atoms with Gasteiger partial charge in [-0.1, -0.05) is 31.8 Å². The highest BCUT2D eigenvalue weighted by Gasteiger charge is 2.19. The molecule has 0 atom stereocenters. The zero-order valence-electron chi connectivity index (χ0n) is 22.4. The Kier molecular flexibility index (Phi) is 8.76. The maximum absolute atomic E-state index is 13.3. The van der Waals surface area contributed by atoms with Crippen LogP contribution in [-0.2, 0) is 11.3 Å². The highest BCUT2D eigenvalue weighted by atomic mass is 16.7. The van der Waals surface area contributed by atoms with Crippen LogP contribution in [0.4, 0.5) is 4.79 Å². The van der Waals surface area contributed by atoms with Crippen LogP contribution in [0.25, 0.3) is 21.8 Å². The summed E-state index contributed by atoms with van der Waals surface area (Å²) >= 11 is 0. The predicted molar refractivity (Wildman–Crippen MR) is 150 cm³/mol. The number of Topliss-reactive ketones (excluding diaryl/α,β-unsaturated/α-hetero) is 1. The molecule has 202 valence electrons. The van der Waals surface area contributed by atoms with Gasteiger partial charge in [0.25, 0.3) is 0 Å². The fourth-order valence-electron chi connectivity index (χ4n) is 4.61. The number of rotatable bonds is 11. The van der Waals surface area contributed by atoms with Crippen LogP contribution in [0.1, 0.15) is 72.7 Å². The highest BCUT2D eigenvalue weighted by molar-refractivity contribution is 6.46. The first kappa shape index (κ1) is 27.6. The summed E-state index contributed by atoms with van der Waals surface area (Å²) in [6.07, 6.45) is 1.96.